The Kier molecular flexibility index (Phi) is 7.30. The molecule has 6 heteroatoms. The number of amides is 1. The minimum absolute atomic E-state index is 0.278. The number of carbonyl (C=O) groups is 2. The summed E-state index contributed by atoms with van der Waals surface area (Å²) in [5.41, 5.74) is 1.92. The molecule has 0 fully saturated rings. The van der Waals surface area contributed by atoms with Crippen LogP contribution in [-0.4, -0.2) is 24.7 Å². The molecule has 148 valence electrons. The second-order valence-corrected chi connectivity index (χ2v) is 7.00. The fraction of sp³-hybridized carbons (Fsp3) is 0.130. The van der Waals surface area contributed by atoms with E-state index < -0.39 is 11.9 Å². The van der Waals surface area contributed by atoms with Crippen LogP contribution in [0.15, 0.2) is 83.8 Å². The van der Waals surface area contributed by atoms with Crippen molar-refractivity contribution >= 4 is 29.3 Å². The third kappa shape index (κ3) is 6.12. The number of carbonyl (C=O) groups excluding carboxylic acids is 2. The molecule has 5 nitrogen and oxygen atoms in total. The molecule has 3 rings (SSSR count). The summed E-state index contributed by atoms with van der Waals surface area (Å²) in [7, 11) is 0. The molecule has 0 unspecified atom stereocenters. The van der Waals surface area contributed by atoms with E-state index in [4.69, 9.17) is 9.47 Å². The highest BCUT2D eigenvalue weighted by molar-refractivity contribution is 7.98. The van der Waals surface area contributed by atoms with Crippen molar-refractivity contribution < 1.29 is 19.1 Å². The number of para-hydroxylation sites is 1. The summed E-state index contributed by atoms with van der Waals surface area (Å²) in [5, 5.41) is 2.70. The predicted octanol–water partition coefficient (Wildman–Crippen LogP) is 4.78. The van der Waals surface area contributed by atoms with Crippen LogP contribution in [0.5, 0.6) is 5.75 Å². The summed E-state index contributed by atoms with van der Waals surface area (Å²) < 4.78 is 10.9. The van der Waals surface area contributed by atoms with Crippen LogP contribution in [-0.2, 0) is 16.1 Å². The first-order valence-corrected chi connectivity index (χ1v) is 10.2. The maximum Gasteiger partial charge on any atom is 0.342 e. The van der Waals surface area contributed by atoms with Gasteiger partial charge in [-0.3, -0.25) is 4.79 Å². The minimum Gasteiger partial charge on any atom is -0.488 e. The van der Waals surface area contributed by atoms with Gasteiger partial charge in [-0.15, -0.1) is 11.8 Å². The second kappa shape index (κ2) is 10.3. The Bertz CT molecular complexity index is 958. The Morgan fingerprint density at radius 2 is 1.59 bits per heavy atom. The largest absolute Gasteiger partial charge is 0.488 e. The highest BCUT2D eigenvalue weighted by atomic mass is 32.2. The molecule has 0 aliphatic rings. The third-order valence-electron chi connectivity index (χ3n) is 4.05. The lowest BCUT2D eigenvalue weighted by Crippen LogP contribution is -2.21. The van der Waals surface area contributed by atoms with Gasteiger partial charge in [0.15, 0.2) is 6.61 Å². The summed E-state index contributed by atoms with van der Waals surface area (Å²) in [5.74, 6) is -0.603. The molecule has 3 aromatic rings. The highest BCUT2D eigenvalue weighted by Gasteiger charge is 2.15. The molecule has 3 aromatic carbocycles. The van der Waals surface area contributed by atoms with Crippen molar-refractivity contribution in [2.45, 2.75) is 11.5 Å². The lowest BCUT2D eigenvalue weighted by Gasteiger charge is -2.11. The van der Waals surface area contributed by atoms with Crippen molar-refractivity contribution in [2.75, 3.05) is 18.2 Å². The summed E-state index contributed by atoms with van der Waals surface area (Å²) >= 11 is 1.62. The fourth-order valence-electron chi connectivity index (χ4n) is 2.58. The van der Waals surface area contributed by atoms with E-state index in [9.17, 15) is 9.59 Å². The normalized spacial score (nSPS) is 10.2. The number of thioether (sulfide) groups is 1. The van der Waals surface area contributed by atoms with Crippen LogP contribution in [0.2, 0.25) is 0 Å². The molecule has 1 N–H and O–H groups in total. The van der Waals surface area contributed by atoms with Crippen LogP contribution in [0.4, 0.5) is 5.69 Å². The Morgan fingerprint density at radius 1 is 0.897 bits per heavy atom. The summed E-state index contributed by atoms with van der Waals surface area (Å²) in [6, 6.07) is 23.9. The van der Waals surface area contributed by atoms with E-state index in [0.717, 1.165) is 10.5 Å². The average Bonchev–Trinajstić information content (AvgIpc) is 2.77. The monoisotopic (exact) mass is 407 g/mol. The number of rotatable bonds is 8. The molecule has 0 spiro atoms. The number of hydrogen-bond donors (Lipinski definition) is 1. The maximum atomic E-state index is 12.4. The van der Waals surface area contributed by atoms with Crippen LogP contribution in [0, 0.1) is 0 Å². The van der Waals surface area contributed by atoms with Crippen LogP contribution in [0.25, 0.3) is 0 Å². The lowest BCUT2D eigenvalue weighted by atomic mass is 10.2. The maximum absolute atomic E-state index is 12.4. The first kappa shape index (κ1) is 20.5. The SMILES string of the molecule is CSc1ccc(NC(=O)COC(=O)c2ccccc2OCc2ccccc2)cc1. The van der Waals surface area contributed by atoms with Crippen LogP contribution in [0.3, 0.4) is 0 Å². The van der Waals surface area contributed by atoms with Crippen molar-refractivity contribution in [3.8, 4) is 5.75 Å². The number of anilines is 1. The molecule has 0 aliphatic heterocycles. The zero-order chi connectivity index (χ0) is 20.5. The molecule has 1 amide bonds. The Balaban J connectivity index is 1.55. The number of ether oxygens (including phenoxy) is 2. The summed E-state index contributed by atoms with van der Waals surface area (Å²) in [4.78, 5) is 25.6. The van der Waals surface area contributed by atoms with E-state index in [2.05, 4.69) is 5.32 Å². The van der Waals surface area contributed by atoms with Gasteiger partial charge in [-0.25, -0.2) is 4.79 Å². The Morgan fingerprint density at radius 3 is 2.31 bits per heavy atom. The van der Waals surface area contributed by atoms with Gasteiger partial charge in [-0.05, 0) is 48.2 Å². The van der Waals surface area contributed by atoms with Gasteiger partial charge in [-0.1, -0.05) is 42.5 Å². The van der Waals surface area contributed by atoms with Gasteiger partial charge in [-0.2, -0.15) is 0 Å². The molecular weight excluding hydrogens is 386 g/mol. The molecule has 0 bridgehead atoms. The predicted molar refractivity (Wildman–Crippen MR) is 114 cm³/mol. The molecule has 29 heavy (non-hydrogen) atoms. The molecule has 0 saturated carbocycles. The van der Waals surface area contributed by atoms with E-state index in [1.165, 1.54) is 0 Å². The van der Waals surface area contributed by atoms with Crippen molar-refractivity contribution in [1.29, 1.82) is 0 Å². The first-order valence-electron chi connectivity index (χ1n) is 9.02. The molecular formula is C23H21NO4S. The third-order valence-corrected chi connectivity index (χ3v) is 4.80. The van der Waals surface area contributed by atoms with Gasteiger partial charge in [0.25, 0.3) is 5.91 Å². The Hall–Kier alpha value is -3.25. The summed E-state index contributed by atoms with van der Waals surface area (Å²) in [6.07, 6.45) is 1.98. The quantitative estimate of drug-likeness (QED) is 0.430. The fourth-order valence-corrected chi connectivity index (χ4v) is 2.98. The van der Waals surface area contributed by atoms with Gasteiger partial charge < -0.3 is 14.8 Å². The molecule has 0 radical (unpaired) electrons. The molecule has 0 aromatic heterocycles. The van der Waals surface area contributed by atoms with Crippen molar-refractivity contribution in [2.24, 2.45) is 0 Å². The highest BCUT2D eigenvalue weighted by Crippen LogP contribution is 2.21. The van der Waals surface area contributed by atoms with E-state index >= 15 is 0 Å². The first-order chi connectivity index (χ1) is 14.2. The van der Waals surface area contributed by atoms with Gasteiger partial charge in [0, 0.05) is 10.6 Å². The lowest BCUT2D eigenvalue weighted by molar-refractivity contribution is -0.119. The smallest absolute Gasteiger partial charge is 0.342 e. The van der Waals surface area contributed by atoms with Gasteiger partial charge in [0.05, 0.1) is 0 Å². The standard InChI is InChI=1S/C23H21NO4S/c1-29-19-13-11-18(12-14-19)24-22(25)16-28-23(26)20-9-5-6-10-21(20)27-15-17-7-3-2-4-8-17/h2-14H,15-16H2,1H3,(H,24,25). The summed E-state index contributed by atoms with van der Waals surface area (Å²) in [6.45, 7) is -0.0478. The van der Waals surface area contributed by atoms with Crippen molar-refractivity contribution in [3.05, 3.63) is 90.0 Å². The zero-order valence-corrected chi connectivity index (χ0v) is 16.8. The van der Waals surface area contributed by atoms with Crippen molar-refractivity contribution in [1.82, 2.24) is 0 Å². The number of esters is 1. The number of benzene rings is 3. The molecule has 0 saturated heterocycles. The van der Waals surface area contributed by atoms with E-state index in [1.807, 2.05) is 48.7 Å². The van der Waals surface area contributed by atoms with Gasteiger partial charge in [0.2, 0.25) is 0 Å². The van der Waals surface area contributed by atoms with E-state index in [1.54, 1.807) is 48.2 Å². The van der Waals surface area contributed by atoms with Crippen molar-refractivity contribution in [3.63, 3.8) is 0 Å². The van der Waals surface area contributed by atoms with Gasteiger partial charge >= 0.3 is 5.97 Å². The average molecular weight is 407 g/mol. The molecule has 0 atom stereocenters. The van der Waals surface area contributed by atoms with Crippen LogP contribution in [0.1, 0.15) is 15.9 Å². The zero-order valence-electron chi connectivity index (χ0n) is 16.0. The topological polar surface area (TPSA) is 64.6 Å². The number of nitrogens with one attached hydrogen (secondary N) is 1. The molecule has 0 aliphatic carbocycles. The minimum atomic E-state index is -0.610. The second-order valence-electron chi connectivity index (χ2n) is 6.12. The molecule has 0 heterocycles. The van der Waals surface area contributed by atoms with Gasteiger partial charge in [0.1, 0.15) is 17.9 Å². The van der Waals surface area contributed by atoms with Crippen LogP contribution < -0.4 is 10.1 Å². The Labute approximate surface area is 174 Å². The van der Waals surface area contributed by atoms with Crippen LogP contribution >= 0.6 is 11.8 Å². The van der Waals surface area contributed by atoms with E-state index in [-0.39, 0.29) is 12.2 Å². The van der Waals surface area contributed by atoms with E-state index in [0.29, 0.717) is 18.0 Å². The number of hydrogen-bond acceptors (Lipinski definition) is 5.